The molecule has 0 aliphatic heterocycles. The molecule has 6 aromatic rings. The van der Waals surface area contributed by atoms with Crippen molar-refractivity contribution in [2.75, 3.05) is 5.75 Å². The largest absolute Gasteiger partial charge is 0.463 e. The van der Waals surface area contributed by atoms with E-state index in [2.05, 4.69) is 14.7 Å². The molecule has 0 bridgehead atoms. The number of halogens is 2. The summed E-state index contributed by atoms with van der Waals surface area (Å²) >= 11 is 6.57. The summed E-state index contributed by atoms with van der Waals surface area (Å²) in [6.45, 7) is 1.57. The van der Waals surface area contributed by atoms with E-state index < -0.39 is 27.3 Å². The van der Waals surface area contributed by atoms with Gasteiger partial charge in [-0.15, -0.1) is 0 Å². The van der Waals surface area contributed by atoms with Crippen molar-refractivity contribution in [3.63, 3.8) is 0 Å². The SMILES string of the molecule is CCCS(=O)(=O)NC(=O)c1c(-c2ccc[nH]c2=O)c2c3occc3c(F)cc2n1Cc1cc2ccccc2nc1Cl. The van der Waals surface area contributed by atoms with Crippen LogP contribution < -0.4 is 10.3 Å². The Morgan fingerprint density at radius 2 is 1.98 bits per heavy atom. The van der Waals surface area contributed by atoms with Gasteiger partial charge < -0.3 is 14.0 Å². The number of hydrogen-bond donors (Lipinski definition) is 2. The smallest absolute Gasteiger partial charge is 0.282 e. The van der Waals surface area contributed by atoms with Crippen LogP contribution >= 0.6 is 11.6 Å². The average Bonchev–Trinajstić information content (AvgIpc) is 3.53. The molecule has 41 heavy (non-hydrogen) atoms. The van der Waals surface area contributed by atoms with E-state index in [9.17, 15) is 18.0 Å². The van der Waals surface area contributed by atoms with Crippen LogP contribution in [0, 0.1) is 5.82 Å². The van der Waals surface area contributed by atoms with Gasteiger partial charge >= 0.3 is 0 Å². The van der Waals surface area contributed by atoms with Crippen LogP contribution in [0.15, 0.2) is 76.3 Å². The molecule has 0 atom stereocenters. The van der Waals surface area contributed by atoms with Crippen LogP contribution in [-0.2, 0) is 16.6 Å². The van der Waals surface area contributed by atoms with Crippen LogP contribution in [0.3, 0.4) is 0 Å². The first-order valence-corrected chi connectivity index (χ1v) is 14.7. The second kappa shape index (κ2) is 10.2. The molecule has 9 nitrogen and oxygen atoms in total. The molecule has 0 radical (unpaired) electrons. The molecule has 0 spiro atoms. The number of sulfonamides is 1. The van der Waals surface area contributed by atoms with Crippen LogP contribution in [0.1, 0.15) is 29.4 Å². The number of para-hydroxylation sites is 1. The summed E-state index contributed by atoms with van der Waals surface area (Å²) in [6.07, 6.45) is 3.01. The summed E-state index contributed by atoms with van der Waals surface area (Å²) in [6, 6.07) is 14.9. The van der Waals surface area contributed by atoms with Crippen molar-refractivity contribution in [2.24, 2.45) is 0 Å². The number of amides is 1. The Balaban J connectivity index is 1.72. The van der Waals surface area contributed by atoms with E-state index in [1.807, 2.05) is 18.2 Å². The minimum Gasteiger partial charge on any atom is -0.463 e. The Labute approximate surface area is 237 Å². The Morgan fingerprint density at radius 3 is 2.76 bits per heavy atom. The van der Waals surface area contributed by atoms with Gasteiger partial charge in [-0.2, -0.15) is 0 Å². The number of carbonyl (C=O) groups is 1. The van der Waals surface area contributed by atoms with Crippen LogP contribution in [0.4, 0.5) is 4.39 Å². The number of nitrogens with zero attached hydrogens (tertiary/aromatic N) is 2. The molecular weight excluding hydrogens is 571 g/mol. The lowest BCUT2D eigenvalue weighted by Gasteiger charge is -2.14. The van der Waals surface area contributed by atoms with Crippen molar-refractivity contribution < 1.29 is 22.0 Å². The number of furan rings is 1. The van der Waals surface area contributed by atoms with Crippen LogP contribution in [0.25, 0.3) is 43.9 Å². The number of aromatic nitrogens is 3. The lowest BCUT2D eigenvalue weighted by Crippen LogP contribution is -2.34. The fraction of sp³-hybridized carbons (Fsp3) is 0.138. The van der Waals surface area contributed by atoms with Crippen molar-refractivity contribution >= 4 is 60.3 Å². The first-order valence-electron chi connectivity index (χ1n) is 12.7. The third-order valence-corrected chi connectivity index (χ3v) is 8.59. The Hall–Kier alpha value is -4.48. The molecule has 4 aromatic heterocycles. The predicted molar refractivity (Wildman–Crippen MR) is 155 cm³/mol. The molecule has 12 heteroatoms. The van der Waals surface area contributed by atoms with Crippen molar-refractivity contribution in [3.05, 3.63) is 99.6 Å². The van der Waals surface area contributed by atoms with Crippen LogP contribution in [0.5, 0.6) is 0 Å². The molecule has 0 aliphatic carbocycles. The molecule has 2 aromatic carbocycles. The first-order chi connectivity index (χ1) is 19.7. The van der Waals surface area contributed by atoms with Gasteiger partial charge in [0.15, 0.2) is 0 Å². The van der Waals surface area contributed by atoms with Crippen molar-refractivity contribution in [1.82, 2.24) is 19.3 Å². The second-order valence-electron chi connectivity index (χ2n) is 9.52. The van der Waals surface area contributed by atoms with Gasteiger partial charge in [0, 0.05) is 22.7 Å². The lowest BCUT2D eigenvalue weighted by atomic mass is 10.0. The minimum atomic E-state index is -4.03. The Kier molecular flexibility index (Phi) is 6.63. The highest BCUT2D eigenvalue weighted by Crippen LogP contribution is 2.40. The zero-order valence-corrected chi connectivity index (χ0v) is 23.1. The molecular formula is C29H22ClFN4O5S. The van der Waals surface area contributed by atoms with Gasteiger partial charge in [0.05, 0.1) is 45.9 Å². The van der Waals surface area contributed by atoms with E-state index in [1.54, 1.807) is 25.1 Å². The molecule has 0 unspecified atom stereocenters. The highest BCUT2D eigenvalue weighted by Gasteiger charge is 2.31. The molecule has 1 amide bonds. The van der Waals surface area contributed by atoms with Crippen molar-refractivity contribution in [1.29, 1.82) is 0 Å². The van der Waals surface area contributed by atoms with E-state index in [0.717, 1.165) is 5.39 Å². The molecule has 0 saturated heterocycles. The third-order valence-electron chi connectivity index (χ3n) is 6.82. The standard InChI is InChI=1S/C29H22ClFN4O5S/c1-2-12-41(38,39)34-29(37)25-23(19-7-5-10-32-28(19)36)24-22(14-20(31)18-9-11-40-26(18)24)35(25)15-17-13-16-6-3-4-8-21(16)33-27(17)30/h3-11,13-14H,2,12,15H2,1H3,(H,32,36)(H,34,37). The minimum absolute atomic E-state index is 0.0707. The molecule has 208 valence electrons. The fourth-order valence-electron chi connectivity index (χ4n) is 5.11. The summed E-state index contributed by atoms with van der Waals surface area (Å²) in [7, 11) is -4.03. The number of H-pyrrole nitrogens is 1. The number of hydrogen-bond acceptors (Lipinski definition) is 6. The number of benzene rings is 2. The van der Waals surface area contributed by atoms with E-state index in [1.165, 1.54) is 35.2 Å². The Bertz CT molecular complexity index is 2170. The van der Waals surface area contributed by atoms with Crippen LogP contribution in [-0.4, -0.2) is 34.6 Å². The summed E-state index contributed by atoms with van der Waals surface area (Å²) < 4.78 is 50.1. The number of pyridine rings is 2. The first kappa shape index (κ1) is 26.7. The average molecular weight is 593 g/mol. The Morgan fingerprint density at radius 1 is 1.17 bits per heavy atom. The van der Waals surface area contributed by atoms with Crippen molar-refractivity contribution in [2.45, 2.75) is 19.9 Å². The highest BCUT2D eigenvalue weighted by molar-refractivity contribution is 7.90. The topological polar surface area (TPSA) is 127 Å². The van der Waals surface area contributed by atoms with E-state index >= 15 is 4.39 Å². The quantitative estimate of drug-likeness (QED) is 0.232. The predicted octanol–water partition coefficient (Wildman–Crippen LogP) is 5.60. The number of nitrogens with one attached hydrogen (secondary N) is 2. The summed E-state index contributed by atoms with van der Waals surface area (Å²) in [4.78, 5) is 34.0. The van der Waals surface area contributed by atoms with E-state index in [4.69, 9.17) is 16.0 Å². The number of fused-ring (bicyclic) bond motifs is 4. The normalized spacial score (nSPS) is 12.0. The third kappa shape index (κ3) is 4.66. The second-order valence-corrected chi connectivity index (χ2v) is 11.7. The maximum atomic E-state index is 15.4. The van der Waals surface area contributed by atoms with Gasteiger partial charge in [-0.3, -0.25) is 9.59 Å². The van der Waals surface area contributed by atoms with Gasteiger partial charge in [-0.1, -0.05) is 36.7 Å². The summed E-state index contributed by atoms with van der Waals surface area (Å²) in [5.41, 5.74) is 0.895. The summed E-state index contributed by atoms with van der Waals surface area (Å²) in [5.74, 6) is -1.91. The number of aromatic amines is 1. The molecule has 0 aliphatic rings. The van der Waals surface area contributed by atoms with Gasteiger partial charge in [-0.05, 0) is 42.8 Å². The number of carbonyl (C=O) groups excluding carboxylic acids is 1. The van der Waals surface area contributed by atoms with E-state index in [-0.39, 0.29) is 62.6 Å². The van der Waals surface area contributed by atoms with Gasteiger partial charge in [-0.25, -0.2) is 22.5 Å². The van der Waals surface area contributed by atoms with Crippen molar-refractivity contribution in [3.8, 4) is 11.1 Å². The fourth-order valence-corrected chi connectivity index (χ4v) is 6.34. The van der Waals surface area contributed by atoms with Crippen LogP contribution in [0.2, 0.25) is 5.15 Å². The zero-order chi connectivity index (χ0) is 28.9. The van der Waals surface area contributed by atoms with Gasteiger partial charge in [0.2, 0.25) is 10.0 Å². The highest BCUT2D eigenvalue weighted by atomic mass is 35.5. The van der Waals surface area contributed by atoms with Gasteiger partial charge in [0.25, 0.3) is 11.5 Å². The van der Waals surface area contributed by atoms with E-state index in [0.29, 0.717) is 11.1 Å². The maximum Gasteiger partial charge on any atom is 0.282 e. The molecule has 4 heterocycles. The molecule has 0 saturated carbocycles. The lowest BCUT2D eigenvalue weighted by molar-refractivity contribution is 0.0974. The summed E-state index contributed by atoms with van der Waals surface area (Å²) in [5, 5.41) is 1.33. The molecule has 6 rings (SSSR count). The zero-order valence-electron chi connectivity index (χ0n) is 21.6. The molecule has 2 N–H and O–H groups in total. The number of rotatable bonds is 7. The molecule has 0 fully saturated rings. The maximum absolute atomic E-state index is 15.4. The van der Waals surface area contributed by atoms with Gasteiger partial charge in [0.1, 0.15) is 22.2 Å². The monoisotopic (exact) mass is 592 g/mol.